The molecule has 1 aliphatic carbocycles. The van der Waals surface area contributed by atoms with Crippen molar-refractivity contribution in [3.05, 3.63) is 82.5 Å². The summed E-state index contributed by atoms with van der Waals surface area (Å²) >= 11 is 0. The Kier molecular flexibility index (Phi) is 17.9. The molecule has 1 aliphatic heterocycles. The number of amides is 1. The number of nitrogens with one attached hydrogen (secondary N) is 2. The van der Waals surface area contributed by atoms with E-state index in [0.29, 0.717) is 30.2 Å². The quantitative estimate of drug-likeness (QED) is 0.430. The first-order chi connectivity index (χ1) is 17.8. The lowest BCUT2D eigenvalue weighted by molar-refractivity contribution is -0.117. The molecule has 3 rings (SSSR count). The van der Waals surface area contributed by atoms with E-state index in [4.69, 9.17) is 19.7 Å². The van der Waals surface area contributed by atoms with E-state index in [9.17, 15) is 4.79 Å². The van der Waals surface area contributed by atoms with Gasteiger partial charge in [0.1, 0.15) is 13.6 Å². The maximum atomic E-state index is 12.9. The van der Waals surface area contributed by atoms with Crippen molar-refractivity contribution in [2.24, 2.45) is 5.92 Å². The highest BCUT2D eigenvalue weighted by atomic mass is 16.5. The molecule has 0 saturated carbocycles. The van der Waals surface area contributed by atoms with Crippen LogP contribution >= 0.6 is 0 Å². The number of allylic oxidation sites excluding steroid dienone is 6. The summed E-state index contributed by atoms with van der Waals surface area (Å²) in [4.78, 5) is 31.2. The molecule has 37 heavy (non-hydrogen) atoms. The van der Waals surface area contributed by atoms with Gasteiger partial charge in [-0.2, -0.15) is 0 Å². The summed E-state index contributed by atoms with van der Waals surface area (Å²) in [5.74, 6) is 0.175. The van der Waals surface area contributed by atoms with Gasteiger partial charge >= 0.3 is 0 Å². The molecule has 2 aliphatic rings. The van der Waals surface area contributed by atoms with E-state index < -0.39 is 0 Å². The molecule has 0 atom stereocenters. The number of aryl methyl sites for hydroxylation is 1. The van der Waals surface area contributed by atoms with Crippen molar-refractivity contribution in [3.63, 3.8) is 0 Å². The van der Waals surface area contributed by atoms with Crippen LogP contribution in [-0.4, -0.2) is 63.4 Å². The number of ether oxygens (including phenoxy) is 1. The van der Waals surface area contributed by atoms with Crippen LogP contribution in [-0.2, 0) is 25.7 Å². The first kappa shape index (κ1) is 33.6. The van der Waals surface area contributed by atoms with Crippen molar-refractivity contribution in [2.75, 3.05) is 33.4 Å². The van der Waals surface area contributed by atoms with Gasteiger partial charge in [0.2, 0.25) is 0 Å². The molecule has 1 saturated heterocycles. The molecule has 202 valence electrons. The predicted molar refractivity (Wildman–Crippen MR) is 152 cm³/mol. The van der Waals surface area contributed by atoms with Crippen LogP contribution in [0.2, 0.25) is 0 Å². The van der Waals surface area contributed by atoms with Crippen LogP contribution in [0.1, 0.15) is 38.3 Å². The molecule has 1 amide bonds. The Bertz CT molecular complexity index is 952. The molecule has 1 heterocycles. The third-order valence-corrected chi connectivity index (χ3v) is 5.55. The molecule has 0 radical (unpaired) electrons. The van der Waals surface area contributed by atoms with Gasteiger partial charge in [-0.25, -0.2) is 0 Å². The fourth-order valence-corrected chi connectivity index (χ4v) is 3.59. The summed E-state index contributed by atoms with van der Waals surface area (Å²) in [6.07, 6.45) is 10.5. The number of rotatable bonds is 6. The normalized spacial score (nSPS) is 15.2. The minimum absolute atomic E-state index is 0.131. The van der Waals surface area contributed by atoms with E-state index in [0.717, 1.165) is 43.0 Å². The molecule has 2 N–H and O–H groups in total. The maximum absolute atomic E-state index is 12.9. The molecule has 1 aromatic rings. The number of carbonyl (C=O) groups is 3. The van der Waals surface area contributed by atoms with Gasteiger partial charge in [-0.15, -0.1) is 0 Å². The number of hydrogen-bond donors (Lipinski definition) is 2. The van der Waals surface area contributed by atoms with Crippen LogP contribution in [0.25, 0.3) is 0 Å². The zero-order valence-corrected chi connectivity index (χ0v) is 23.0. The third-order valence-electron chi connectivity index (χ3n) is 5.55. The average Bonchev–Trinajstić information content (AvgIpc) is 3.16. The Morgan fingerprint density at radius 1 is 1.11 bits per heavy atom. The lowest BCUT2D eigenvalue weighted by Gasteiger charge is -2.21. The fraction of sp³-hybridized carbons (Fsp3) is 0.400. The second kappa shape index (κ2) is 19.7. The van der Waals surface area contributed by atoms with Crippen molar-refractivity contribution in [1.82, 2.24) is 10.2 Å². The van der Waals surface area contributed by atoms with Gasteiger partial charge < -0.3 is 30.0 Å². The van der Waals surface area contributed by atoms with Crippen LogP contribution in [0, 0.1) is 18.3 Å². The van der Waals surface area contributed by atoms with Gasteiger partial charge in [-0.05, 0) is 56.0 Å². The zero-order valence-electron chi connectivity index (χ0n) is 23.0. The minimum Gasteiger partial charge on any atom is -0.379 e. The third kappa shape index (κ3) is 13.5. The summed E-state index contributed by atoms with van der Waals surface area (Å²) in [7, 11) is 2.11. The second-order valence-corrected chi connectivity index (χ2v) is 8.90. The molecule has 1 fully saturated rings. The van der Waals surface area contributed by atoms with Crippen LogP contribution in [0.15, 0.2) is 71.4 Å². The van der Waals surface area contributed by atoms with Gasteiger partial charge in [0.05, 0.1) is 13.2 Å². The predicted octanol–water partition coefficient (Wildman–Crippen LogP) is 4.62. The summed E-state index contributed by atoms with van der Waals surface area (Å²) in [5.41, 5.74) is 5.37. The lowest BCUT2D eigenvalue weighted by atomic mass is 9.89. The van der Waals surface area contributed by atoms with Crippen molar-refractivity contribution in [2.45, 2.75) is 40.7 Å². The zero-order chi connectivity index (χ0) is 28.2. The number of benzene rings is 1. The number of nitrogens with zero attached hydrogens (tertiary/aromatic N) is 1. The highest BCUT2D eigenvalue weighted by molar-refractivity contribution is 6.05. The van der Waals surface area contributed by atoms with Crippen molar-refractivity contribution >= 4 is 25.2 Å². The fourth-order valence-electron chi connectivity index (χ4n) is 3.59. The van der Waals surface area contributed by atoms with E-state index in [2.05, 4.69) is 43.3 Å². The van der Waals surface area contributed by atoms with Crippen LogP contribution in [0.3, 0.4) is 0 Å². The molecular weight excluding hydrogens is 466 g/mol. The number of hydrogen-bond acceptors (Lipinski definition) is 6. The standard InChI is InChI=1S/C23H28N2O.C5H11NO.2CH2O/c1-16(2)20-8-6-5-7-9-21(20)22(14-18(4)24)23(26)25-15-19-12-10-17(3)11-13-19;1-6-2-4-7-5-3-6;2*1-2/h5-8,10-14,16,24H,9,15H2,1-4H3,(H,25,26);2-5H2,1H3;2*1H2/b22-14+,24-18?;;;. The molecule has 0 unspecified atom stereocenters. The molecule has 7 nitrogen and oxygen atoms in total. The van der Waals surface area contributed by atoms with Crippen LogP contribution in [0.5, 0.6) is 0 Å². The molecule has 0 aromatic heterocycles. The van der Waals surface area contributed by atoms with E-state index in [1.807, 2.05) is 56.9 Å². The first-order valence-corrected chi connectivity index (χ1v) is 12.3. The Morgan fingerprint density at radius 3 is 2.19 bits per heavy atom. The van der Waals surface area contributed by atoms with Crippen LogP contribution < -0.4 is 5.32 Å². The summed E-state index contributed by atoms with van der Waals surface area (Å²) < 4.78 is 5.10. The van der Waals surface area contributed by atoms with E-state index in [1.54, 1.807) is 13.0 Å². The Morgan fingerprint density at radius 2 is 1.70 bits per heavy atom. The number of likely N-dealkylation sites (N-methyl/N-ethyl adjacent to an activating group) is 1. The van der Waals surface area contributed by atoms with Gasteiger partial charge in [0, 0.05) is 30.9 Å². The molecular formula is C30H43N3O4. The van der Waals surface area contributed by atoms with E-state index in [1.165, 1.54) is 5.56 Å². The number of morpholine rings is 1. The van der Waals surface area contributed by atoms with E-state index >= 15 is 0 Å². The van der Waals surface area contributed by atoms with Gasteiger partial charge in [0.15, 0.2) is 0 Å². The topological polar surface area (TPSA) is 99.6 Å². The van der Waals surface area contributed by atoms with Crippen molar-refractivity contribution in [3.8, 4) is 0 Å². The average molecular weight is 510 g/mol. The largest absolute Gasteiger partial charge is 0.379 e. The SMILES string of the molecule is C=O.C=O.CC(=N)/C=C(/C(=O)NCc1ccc(C)cc1)C1=C(C(C)C)C=CC=CC1.CN1CCOCC1. The smallest absolute Gasteiger partial charge is 0.251 e. The molecule has 0 spiro atoms. The Labute approximate surface area is 222 Å². The van der Waals surface area contributed by atoms with E-state index in [-0.39, 0.29) is 5.91 Å². The highest BCUT2D eigenvalue weighted by Crippen LogP contribution is 2.28. The van der Waals surface area contributed by atoms with Crippen molar-refractivity contribution < 1.29 is 19.1 Å². The highest BCUT2D eigenvalue weighted by Gasteiger charge is 2.19. The van der Waals surface area contributed by atoms with Gasteiger partial charge in [0.25, 0.3) is 5.91 Å². The molecule has 1 aromatic carbocycles. The summed E-state index contributed by atoms with van der Waals surface area (Å²) in [6.45, 7) is 16.5. The summed E-state index contributed by atoms with van der Waals surface area (Å²) in [6, 6.07) is 8.13. The van der Waals surface area contributed by atoms with Crippen molar-refractivity contribution in [1.29, 1.82) is 5.41 Å². The monoisotopic (exact) mass is 509 g/mol. The molecule has 7 heteroatoms. The van der Waals surface area contributed by atoms with Crippen LogP contribution in [0.4, 0.5) is 0 Å². The maximum Gasteiger partial charge on any atom is 0.251 e. The first-order valence-electron chi connectivity index (χ1n) is 12.3. The summed E-state index contributed by atoms with van der Waals surface area (Å²) in [5, 5.41) is 10.9. The van der Waals surface area contributed by atoms with Gasteiger partial charge in [-0.3, -0.25) is 4.79 Å². The Balaban J connectivity index is 0.000000988. The Hall–Kier alpha value is -3.42. The number of carbonyl (C=O) groups excluding carboxylic acids is 3. The second-order valence-electron chi connectivity index (χ2n) is 8.90. The van der Waals surface area contributed by atoms with Gasteiger partial charge in [-0.1, -0.05) is 68.0 Å². The minimum atomic E-state index is -0.131. The molecule has 0 bridgehead atoms. The lowest BCUT2D eigenvalue weighted by Crippen LogP contribution is -2.32.